The van der Waals surface area contributed by atoms with Crippen LogP contribution < -0.4 is 0 Å². The van der Waals surface area contributed by atoms with Gasteiger partial charge in [-0.2, -0.15) is 0 Å². The Labute approximate surface area is 112 Å². The third-order valence-corrected chi connectivity index (χ3v) is 3.01. The van der Waals surface area contributed by atoms with E-state index in [1.54, 1.807) is 0 Å². The fourth-order valence-corrected chi connectivity index (χ4v) is 2.32. The molecule has 0 spiro atoms. The van der Waals surface area contributed by atoms with Crippen molar-refractivity contribution in [2.24, 2.45) is 5.92 Å². The molecule has 0 aromatic rings. The Bertz CT molecular complexity index is 351. The molecule has 0 aliphatic heterocycles. The lowest BCUT2D eigenvalue weighted by atomic mass is 9.84. The van der Waals surface area contributed by atoms with Crippen LogP contribution in [-0.4, -0.2) is 36.7 Å². The fourth-order valence-electron chi connectivity index (χ4n) is 2.32. The van der Waals surface area contributed by atoms with Crippen LogP contribution in [0.4, 0.5) is 0 Å². The van der Waals surface area contributed by atoms with E-state index in [1.807, 2.05) is 0 Å². The molecule has 1 aliphatic rings. The molecular weight excluding hydrogens is 252 g/mol. The van der Waals surface area contributed by atoms with Crippen molar-refractivity contribution in [3.8, 4) is 0 Å². The Balaban J connectivity index is 2.72. The topological polar surface area (TPSA) is 78.9 Å². The molecule has 0 bridgehead atoms. The van der Waals surface area contributed by atoms with E-state index in [4.69, 9.17) is 14.2 Å². The van der Waals surface area contributed by atoms with Crippen molar-refractivity contribution < 1.29 is 28.6 Å². The van der Waals surface area contributed by atoms with Gasteiger partial charge in [0.05, 0.1) is 6.61 Å². The van der Waals surface area contributed by atoms with E-state index in [9.17, 15) is 14.4 Å². The summed E-state index contributed by atoms with van der Waals surface area (Å²) in [6.07, 6.45) is 1.24. The zero-order valence-corrected chi connectivity index (χ0v) is 11.5. The lowest BCUT2D eigenvalue weighted by molar-refractivity contribution is -0.178. The summed E-state index contributed by atoms with van der Waals surface area (Å²) in [7, 11) is 0. The van der Waals surface area contributed by atoms with Crippen LogP contribution in [0.3, 0.4) is 0 Å². The van der Waals surface area contributed by atoms with Crippen LogP contribution in [0.15, 0.2) is 0 Å². The molecule has 3 atom stereocenters. The first-order valence-corrected chi connectivity index (χ1v) is 6.38. The summed E-state index contributed by atoms with van der Waals surface area (Å²) < 4.78 is 15.4. The molecule has 6 heteroatoms. The van der Waals surface area contributed by atoms with Crippen molar-refractivity contribution >= 4 is 17.9 Å². The number of esters is 3. The van der Waals surface area contributed by atoms with Crippen molar-refractivity contribution in [2.75, 3.05) is 6.61 Å². The number of hydrogen-bond donors (Lipinski definition) is 0. The summed E-state index contributed by atoms with van der Waals surface area (Å²) >= 11 is 0. The summed E-state index contributed by atoms with van der Waals surface area (Å²) in [5, 5.41) is 0. The molecule has 0 saturated heterocycles. The van der Waals surface area contributed by atoms with E-state index in [0.29, 0.717) is 6.42 Å². The Morgan fingerprint density at radius 3 is 2.11 bits per heavy atom. The number of hydrogen-bond acceptors (Lipinski definition) is 6. The molecule has 0 N–H and O–H groups in total. The molecule has 108 valence electrons. The van der Waals surface area contributed by atoms with Gasteiger partial charge < -0.3 is 14.2 Å². The number of carbonyl (C=O) groups is 3. The molecule has 0 aromatic carbocycles. The minimum absolute atomic E-state index is 0.133. The van der Waals surface area contributed by atoms with Crippen molar-refractivity contribution in [1.29, 1.82) is 0 Å². The first-order chi connectivity index (χ1) is 8.90. The van der Waals surface area contributed by atoms with Gasteiger partial charge in [0.25, 0.3) is 0 Å². The van der Waals surface area contributed by atoms with Gasteiger partial charge in [-0.1, -0.05) is 0 Å². The average molecular weight is 272 g/mol. The monoisotopic (exact) mass is 272 g/mol. The normalized spacial score (nSPS) is 26.4. The van der Waals surface area contributed by atoms with Crippen LogP contribution in [0.2, 0.25) is 0 Å². The van der Waals surface area contributed by atoms with Gasteiger partial charge in [-0.15, -0.1) is 0 Å². The predicted octanol–water partition coefficient (Wildman–Crippen LogP) is 1.21. The van der Waals surface area contributed by atoms with Gasteiger partial charge in [0.15, 0.2) is 0 Å². The summed E-state index contributed by atoms with van der Waals surface area (Å²) in [4.78, 5) is 33.1. The molecule has 1 rings (SSSR count). The maximum Gasteiger partial charge on any atom is 0.303 e. The minimum Gasteiger partial charge on any atom is -0.465 e. The van der Waals surface area contributed by atoms with Gasteiger partial charge in [-0.3, -0.25) is 14.4 Å². The van der Waals surface area contributed by atoms with Crippen molar-refractivity contribution in [3.05, 3.63) is 0 Å². The van der Waals surface area contributed by atoms with E-state index >= 15 is 0 Å². The van der Waals surface area contributed by atoms with Gasteiger partial charge >= 0.3 is 17.9 Å². The van der Waals surface area contributed by atoms with Crippen LogP contribution in [-0.2, 0) is 28.6 Å². The Morgan fingerprint density at radius 2 is 1.58 bits per heavy atom. The van der Waals surface area contributed by atoms with E-state index < -0.39 is 24.1 Å². The molecule has 0 unspecified atom stereocenters. The molecule has 0 radical (unpaired) electrons. The van der Waals surface area contributed by atoms with Crippen LogP contribution in [0.5, 0.6) is 0 Å². The highest BCUT2D eigenvalue weighted by molar-refractivity contribution is 5.67. The number of carbonyl (C=O) groups excluding carboxylic acids is 3. The Kier molecular flexibility index (Phi) is 5.79. The van der Waals surface area contributed by atoms with Crippen LogP contribution in [0.25, 0.3) is 0 Å². The maximum absolute atomic E-state index is 11.2. The largest absolute Gasteiger partial charge is 0.465 e. The highest BCUT2D eigenvalue weighted by atomic mass is 16.6. The first kappa shape index (κ1) is 15.5. The maximum atomic E-state index is 11.2. The highest BCUT2D eigenvalue weighted by Crippen LogP contribution is 2.30. The predicted molar refractivity (Wildman–Crippen MR) is 65.1 cm³/mol. The Hall–Kier alpha value is -1.59. The second-order valence-electron chi connectivity index (χ2n) is 4.72. The molecule has 0 aromatic heterocycles. The molecule has 6 nitrogen and oxygen atoms in total. The second kappa shape index (κ2) is 7.11. The standard InChI is InChI=1S/C13H20O6/c1-8(14)17-7-11-5-4-6-12(18-9(2)15)13(11)19-10(3)16/h11-13H,4-7H2,1-3H3/t11-,12-,13+/m0/s1. The third-order valence-electron chi connectivity index (χ3n) is 3.01. The summed E-state index contributed by atoms with van der Waals surface area (Å²) in [5.74, 6) is -1.35. The van der Waals surface area contributed by atoms with E-state index in [1.165, 1.54) is 20.8 Å². The van der Waals surface area contributed by atoms with Crippen molar-refractivity contribution in [1.82, 2.24) is 0 Å². The lowest BCUT2D eigenvalue weighted by Crippen LogP contribution is -2.44. The van der Waals surface area contributed by atoms with Gasteiger partial charge in [-0.25, -0.2) is 0 Å². The molecule has 0 heterocycles. The third kappa shape index (κ3) is 5.28. The summed E-state index contributed by atoms with van der Waals surface area (Å²) in [6, 6.07) is 0. The molecule has 1 fully saturated rings. The zero-order valence-electron chi connectivity index (χ0n) is 11.5. The quantitative estimate of drug-likeness (QED) is 0.565. The molecule has 1 saturated carbocycles. The summed E-state index contributed by atoms with van der Waals surface area (Å²) in [5.41, 5.74) is 0. The summed E-state index contributed by atoms with van der Waals surface area (Å²) in [6.45, 7) is 4.13. The number of rotatable bonds is 4. The van der Waals surface area contributed by atoms with Crippen LogP contribution in [0, 0.1) is 5.92 Å². The Morgan fingerprint density at radius 1 is 0.947 bits per heavy atom. The first-order valence-electron chi connectivity index (χ1n) is 6.38. The van der Waals surface area contributed by atoms with Crippen LogP contribution >= 0.6 is 0 Å². The van der Waals surface area contributed by atoms with Gasteiger partial charge in [0, 0.05) is 26.7 Å². The van der Waals surface area contributed by atoms with E-state index in [0.717, 1.165) is 12.8 Å². The van der Waals surface area contributed by atoms with Crippen molar-refractivity contribution in [3.63, 3.8) is 0 Å². The highest BCUT2D eigenvalue weighted by Gasteiger charge is 2.38. The smallest absolute Gasteiger partial charge is 0.303 e. The molecule has 1 aliphatic carbocycles. The molecule has 0 amide bonds. The molecular formula is C13H20O6. The van der Waals surface area contributed by atoms with E-state index in [2.05, 4.69) is 0 Å². The second-order valence-corrected chi connectivity index (χ2v) is 4.72. The van der Waals surface area contributed by atoms with Gasteiger partial charge in [-0.05, 0) is 19.3 Å². The SMILES string of the molecule is CC(=O)OC[C@@H]1CCC[C@H](OC(C)=O)[C@@H]1OC(C)=O. The minimum atomic E-state index is -0.547. The lowest BCUT2D eigenvalue weighted by Gasteiger charge is -2.36. The van der Waals surface area contributed by atoms with Gasteiger partial charge in [0.1, 0.15) is 12.2 Å². The van der Waals surface area contributed by atoms with Crippen molar-refractivity contribution in [2.45, 2.75) is 52.2 Å². The van der Waals surface area contributed by atoms with Gasteiger partial charge in [0.2, 0.25) is 0 Å². The van der Waals surface area contributed by atoms with Crippen LogP contribution in [0.1, 0.15) is 40.0 Å². The molecule has 19 heavy (non-hydrogen) atoms. The zero-order chi connectivity index (χ0) is 14.4. The number of ether oxygens (including phenoxy) is 3. The fraction of sp³-hybridized carbons (Fsp3) is 0.769. The average Bonchev–Trinajstić information content (AvgIpc) is 2.28. The van der Waals surface area contributed by atoms with E-state index in [-0.39, 0.29) is 18.5 Å².